The molecule has 3 heteroatoms. The van der Waals surface area contributed by atoms with Crippen molar-refractivity contribution < 1.29 is 9.47 Å². The Hall–Kier alpha value is -1.06. The molecule has 1 rings (SSSR count). The van der Waals surface area contributed by atoms with Crippen molar-refractivity contribution in [3.05, 3.63) is 29.8 Å². The van der Waals surface area contributed by atoms with Gasteiger partial charge < -0.3 is 14.8 Å². The summed E-state index contributed by atoms with van der Waals surface area (Å²) in [5, 5.41) is 3.44. The SMILES string of the molecule is CCCNC(C)C(C)Oc1cccc(COC)c1. The molecule has 0 aliphatic heterocycles. The van der Waals surface area contributed by atoms with Gasteiger partial charge in [-0.3, -0.25) is 0 Å². The molecule has 1 N–H and O–H groups in total. The van der Waals surface area contributed by atoms with E-state index in [1.807, 2.05) is 24.3 Å². The Balaban J connectivity index is 2.52. The van der Waals surface area contributed by atoms with Crippen LogP contribution in [0, 0.1) is 0 Å². The summed E-state index contributed by atoms with van der Waals surface area (Å²) >= 11 is 0. The van der Waals surface area contributed by atoms with Crippen molar-refractivity contribution in [2.75, 3.05) is 13.7 Å². The third kappa shape index (κ3) is 5.07. The highest BCUT2D eigenvalue weighted by atomic mass is 16.5. The topological polar surface area (TPSA) is 30.5 Å². The first kappa shape index (κ1) is 15.0. The van der Waals surface area contributed by atoms with Crippen LogP contribution in [-0.4, -0.2) is 25.8 Å². The molecule has 2 unspecified atom stereocenters. The van der Waals surface area contributed by atoms with E-state index in [0.717, 1.165) is 24.3 Å². The second-order valence-electron chi connectivity index (χ2n) is 4.65. The predicted molar refractivity (Wildman–Crippen MR) is 75.0 cm³/mol. The second kappa shape index (κ2) is 8.11. The van der Waals surface area contributed by atoms with Crippen LogP contribution < -0.4 is 10.1 Å². The maximum absolute atomic E-state index is 5.94. The number of benzene rings is 1. The van der Waals surface area contributed by atoms with Crippen LogP contribution in [0.25, 0.3) is 0 Å². The summed E-state index contributed by atoms with van der Waals surface area (Å²) in [7, 11) is 1.70. The number of nitrogens with one attached hydrogen (secondary N) is 1. The average molecular weight is 251 g/mol. The van der Waals surface area contributed by atoms with Gasteiger partial charge in [0.05, 0.1) is 6.61 Å². The summed E-state index contributed by atoms with van der Waals surface area (Å²) in [6.07, 6.45) is 1.29. The molecule has 0 aliphatic rings. The maximum atomic E-state index is 5.94. The lowest BCUT2D eigenvalue weighted by Crippen LogP contribution is -2.39. The minimum atomic E-state index is 0.148. The highest BCUT2D eigenvalue weighted by Gasteiger charge is 2.12. The number of ether oxygens (including phenoxy) is 2. The van der Waals surface area contributed by atoms with Crippen molar-refractivity contribution in [1.29, 1.82) is 0 Å². The Kier molecular flexibility index (Phi) is 6.76. The van der Waals surface area contributed by atoms with Crippen LogP contribution in [0.1, 0.15) is 32.8 Å². The van der Waals surface area contributed by atoms with E-state index in [1.165, 1.54) is 0 Å². The van der Waals surface area contributed by atoms with Crippen molar-refractivity contribution in [2.45, 2.75) is 45.9 Å². The predicted octanol–water partition coefficient (Wildman–Crippen LogP) is 2.99. The highest BCUT2D eigenvalue weighted by molar-refractivity contribution is 5.28. The molecule has 0 fully saturated rings. The summed E-state index contributed by atoms with van der Waals surface area (Å²) in [5.74, 6) is 0.905. The molecule has 0 saturated carbocycles. The smallest absolute Gasteiger partial charge is 0.120 e. The van der Waals surface area contributed by atoms with Gasteiger partial charge in [-0.1, -0.05) is 19.1 Å². The summed E-state index contributed by atoms with van der Waals surface area (Å²) in [4.78, 5) is 0. The Labute approximate surface area is 110 Å². The second-order valence-corrected chi connectivity index (χ2v) is 4.65. The first-order valence-electron chi connectivity index (χ1n) is 6.65. The summed E-state index contributed by atoms with van der Waals surface area (Å²) in [6, 6.07) is 8.41. The van der Waals surface area contributed by atoms with Gasteiger partial charge in [0.25, 0.3) is 0 Å². The molecule has 18 heavy (non-hydrogen) atoms. The van der Waals surface area contributed by atoms with Crippen LogP contribution >= 0.6 is 0 Å². The Morgan fingerprint density at radius 1 is 1.28 bits per heavy atom. The molecule has 0 aliphatic carbocycles. The fraction of sp³-hybridized carbons (Fsp3) is 0.600. The van der Waals surface area contributed by atoms with Gasteiger partial charge in [0.2, 0.25) is 0 Å². The molecule has 102 valence electrons. The lowest BCUT2D eigenvalue weighted by Gasteiger charge is -2.22. The molecule has 0 radical (unpaired) electrons. The van der Waals surface area contributed by atoms with Gasteiger partial charge in [-0.15, -0.1) is 0 Å². The molecule has 1 aromatic carbocycles. The van der Waals surface area contributed by atoms with E-state index in [1.54, 1.807) is 7.11 Å². The highest BCUT2D eigenvalue weighted by Crippen LogP contribution is 2.16. The molecule has 0 amide bonds. The first-order chi connectivity index (χ1) is 8.67. The Bertz CT molecular complexity index is 341. The van der Waals surface area contributed by atoms with Crippen LogP contribution in [0.2, 0.25) is 0 Å². The molecule has 1 aromatic rings. The van der Waals surface area contributed by atoms with E-state index in [-0.39, 0.29) is 6.10 Å². The van der Waals surface area contributed by atoms with Crippen molar-refractivity contribution in [3.8, 4) is 5.75 Å². The third-order valence-electron chi connectivity index (χ3n) is 2.95. The van der Waals surface area contributed by atoms with Gasteiger partial charge in [-0.2, -0.15) is 0 Å². The first-order valence-corrected chi connectivity index (χ1v) is 6.65. The lowest BCUT2D eigenvalue weighted by atomic mass is 10.2. The van der Waals surface area contributed by atoms with Gasteiger partial charge in [-0.25, -0.2) is 0 Å². The van der Waals surface area contributed by atoms with Crippen molar-refractivity contribution >= 4 is 0 Å². The molecule has 3 nitrogen and oxygen atoms in total. The van der Waals surface area contributed by atoms with Crippen LogP contribution in [0.5, 0.6) is 5.75 Å². The molecular weight excluding hydrogens is 226 g/mol. The summed E-state index contributed by atoms with van der Waals surface area (Å²) < 4.78 is 11.1. The average Bonchev–Trinajstić information content (AvgIpc) is 2.36. The quantitative estimate of drug-likeness (QED) is 0.770. The molecule has 2 atom stereocenters. The minimum absolute atomic E-state index is 0.148. The largest absolute Gasteiger partial charge is 0.489 e. The normalized spacial score (nSPS) is 14.2. The van der Waals surface area contributed by atoms with E-state index >= 15 is 0 Å². The lowest BCUT2D eigenvalue weighted by molar-refractivity contribution is 0.173. The zero-order chi connectivity index (χ0) is 13.4. The Morgan fingerprint density at radius 2 is 2.06 bits per heavy atom. The van der Waals surface area contributed by atoms with E-state index < -0.39 is 0 Å². The summed E-state index contributed by atoms with van der Waals surface area (Å²) in [5.41, 5.74) is 1.14. The fourth-order valence-corrected chi connectivity index (χ4v) is 1.73. The van der Waals surface area contributed by atoms with E-state index in [9.17, 15) is 0 Å². The van der Waals surface area contributed by atoms with Gasteiger partial charge in [0, 0.05) is 13.2 Å². The van der Waals surface area contributed by atoms with Crippen LogP contribution in [0.15, 0.2) is 24.3 Å². The molecule has 0 bridgehead atoms. The molecule has 0 spiro atoms. The van der Waals surface area contributed by atoms with Crippen molar-refractivity contribution in [2.24, 2.45) is 0 Å². The zero-order valence-electron chi connectivity index (χ0n) is 11.9. The van der Waals surface area contributed by atoms with Gasteiger partial charge in [0.15, 0.2) is 0 Å². The summed E-state index contributed by atoms with van der Waals surface area (Å²) in [6.45, 7) is 8.06. The minimum Gasteiger partial charge on any atom is -0.489 e. The van der Waals surface area contributed by atoms with Crippen LogP contribution in [-0.2, 0) is 11.3 Å². The fourth-order valence-electron chi connectivity index (χ4n) is 1.73. The number of methoxy groups -OCH3 is 1. The van der Waals surface area contributed by atoms with Gasteiger partial charge >= 0.3 is 0 Å². The molecule has 0 heterocycles. The molecule has 0 saturated heterocycles. The van der Waals surface area contributed by atoms with Crippen molar-refractivity contribution in [1.82, 2.24) is 5.32 Å². The molecule has 0 aromatic heterocycles. The zero-order valence-corrected chi connectivity index (χ0v) is 11.9. The third-order valence-corrected chi connectivity index (χ3v) is 2.95. The maximum Gasteiger partial charge on any atom is 0.120 e. The van der Waals surface area contributed by atoms with Crippen molar-refractivity contribution in [3.63, 3.8) is 0 Å². The van der Waals surface area contributed by atoms with E-state index in [2.05, 4.69) is 26.1 Å². The standard InChI is InChI=1S/C15H25NO2/c1-5-9-16-12(2)13(3)18-15-8-6-7-14(10-15)11-17-4/h6-8,10,12-13,16H,5,9,11H2,1-4H3. The number of hydrogen-bond donors (Lipinski definition) is 1. The number of hydrogen-bond acceptors (Lipinski definition) is 3. The van der Waals surface area contributed by atoms with Crippen LogP contribution in [0.4, 0.5) is 0 Å². The van der Waals surface area contributed by atoms with E-state index in [4.69, 9.17) is 9.47 Å². The number of rotatable bonds is 8. The van der Waals surface area contributed by atoms with Gasteiger partial charge in [0.1, 0.15) is 11.9 Å². The monoisotopic (exact) mass is 251 g/mol. The van der Waals surface area contributed by atoms with Gasteiger partial charge in [-0.05, 0) is 44.5 Å². The van der Waals surface area contributed by atoms with Crippen LogP contribution in [0.3, 0.4) is 0 Å². The van der Waals surface area contributed by atoms with E-state index in [0.29, 0.717) is 12.6 Å². The Morgan fingerprint density at radius 3 is 2.72 bits per heavy atom. The molecular formula is C15H25NO2.